The molecule has 0 radical (unpaired) electrons. The second-order valence-corrected chi connectivity index (χ2v) is 19.0. The van der Waals surface area contributed by atoms with Crippen molar-refractivity contribution in [2.75, 3.05) is 78.9 Å². The van der Waals surface area contributed by atoms with Gasteiger partial charge in [-0.15, -0.1) is 0 Å². The highest BCUT2D eigenvalue weighted by Gasteiger charge is 2.02. The number of aliphatic hydroxyl groups is 6. The summed E-state index contributed by atoms with van der Waals surface area (Å²) < 4.78 is 0. The summed E-state index contributed by atoms with van der Waals surface area (Å²) >= 11 is 0. The van der Waals surface area contributed by atoms with E-state index in [1.165, 1.54) is 218 Å². The van der Waals surface area contributed by atoms with Gasteiger partial charge < -0.3 is 40.9 Å². The highest BCUT2D eigenvalue weighted by Crippen LogP contribution is 2.16. The fourth-order valence-corrected chi connectivity index (χ4v) is 8.23. The molecule has 0 saturated carbocycles. The molecule has 12 nitrogen and oxygen atoms in total. The lowest BCUT2D eigenvalue weighted by atomic mass is 10.0. The van der Waals surface area contributed by atoms with Gasteiger partial charge in [-0.05, 0) is 12.8 Å². The highest BCUT2D eigenvalue weighted by atomic mass is 16.4. The first-order valence-electron chi connectivity index (χ1n) is 28.8. The molecule has 0 saturated heterocycles. The number of rotatable bonds is 52. The van der Waals surface area contributed by atoms with Crippen molar-refractivity contribution in [2.45, 2.75) is 271 Å². The van der Waals surface area contributed by atoms with Crippen LogP contribution >= 0.6 is 0 Å². The lowest BCUT2D eigenvalue weighted by Crippen LogP contribution is -2.32. The zero-order chi connectivity index (χ0) is 51.1. The number of carboxylic acid groups (broad SMARTS) is 2. The molecule has 0 aromatic heterocycles. The SMILES string of the molecule is CCCCCCCCCCCCCCCCCCCCCC(=O)O.CCCCCCCCCCCCCCCCCCCCCC(=O)O.OCCN(CCO)CCO.OCCN(CCO)CCO. The van der Waals surface area contributed by atoms with Crippen molar-refractivity contribution >= 4 is 11.9 Å². The summed E-state index contributed by atoms with van der Waals surface area (Å²) in [6.07, 6.45) is 52.2. The molecule has 0 atom stereocenters. The first-order chi connectivity index (χ1) is 33.2. The van der Waals surface area contributed by atoms with Crippen molar-refractivity contribution in [3.8, 4) is 0 Å². The molecule has 0 aromatic carbocycles. The van der Waals surface area contributed by atoms with Crippen LogP contribution in [-0.2, 0) is 9.59 Å². The molecule has 68 heavy (non-hydrogen) atoms. The summed E-state index contributed by atoms with van der Waals surface area (Å²) in [6.45, 7) is 8.07. The van der Waals surface area contributed by atoms with Crippen LogP contribution in [0.15, 0.2) is 0 Å². The van der Waals surface area contributed by atoms with Crippen LogP contribution in [-0.4, -0.2) is 142 Å². The van der Waals surface area contributed by atoms with Crippen LogP contribution in [0.25, 0.3) is 0 Å². The monoisotopic (exact) mass is 979 g/mol. The van der Waals surface area contributed by atoms with E-state index in [4.69, 9.17) is 40.9 Å². The van der Waals surface area contributed by atoms with Gasteiger partial charge in [0.05, 0.1) is 39.6 Å². The maximum atomic E-state index is 10.4. The maximum absolute atomic E-state index is 10.4. The molecule has 0 heterocycles. The topological polar surface area (TPSA) is 202 Å². The Morgan fingerprint density at radius 3 is 0.500 bits per heavy atom. The van der Waals surface area contributed by atoms with E-state index in [-0.39, 0.29) is 39.6 Å². The lowest BCUT2D eigenvalue weighted by molar-refractivity contribution is -0.138. The Kier molecular flexibility index (Phi) is 75.2. The molecule has 0 aliphatic carbocycles. The van der Waals surface area contributed by atoms with Crippen LogP contribution in [0.5, 0.6) is 0 Å². The number of hydrogen-bond donors (Lipinski definition) is 8. The second kappa shape index (κ2) is 69.9. The van der Waals surface area contributed by atoms with Crippen molar-refractivity contribution in [3.05, 3.63) is 0 Å². The summed E-state index contributed by atoms with van der Waals surface area (Å²) in [7, 11) is 0. The standard InChI is InChI=1S/2C22H44O2.2C6H15NO3/c2*1-2-3-4-5-6-7-8-9-10-11-12-13-14-15-16-17-18-19-20-21-22(23)24;2*8-4-1-7(2-5-9)3-6-10/h2*2-21H2,1H3,(H,23,24);2*8-10H,1-6H2. The molecule has 0 fully saturated rings. The average Bonchev–Trinajstić information content (AvgIpc) is 3.31. The molecule has 12 heteroatoms. The predicted molar refractivity (Wildman–Crippen MR) is 287 cm³/mol. The molecule has 412 valence electrons. The van der Waals surface area contributed by atoms with E-state index in [0.717, 1.165) is 25.7 Å². The van der Waals surface area contributed by atoms with Crippen molar-refractivity contribution in [2.24, 2.45) is 0 Å². The maximum Gasteiger partial charge on any atom is 0.303 e. The predicted octanol–water partition coefficient (Wildman–Crippen LogP) is 12.3. The Morgan fingerprint density at radius 2 is 0.382 bits per heavy atom. The van der Waals surface area contributed by atoms with Crippen molar-refractivity contribution in [1.29, 1.82) is 0 Å². The fourth-order valence-electron chi connectivity index (χ4n) is 8.23. The van der Waals surface area contributed by atoms with E-state index in [9.17, 15) is 9.59 Å². The summed E-state index contributed by atoms with van der Waals surface area (Å²) in [5, 5.41) is 68.0. The normalized spacial score (nSPS) is 11.0. The molecule has 0 aliphatic heterocycles. The van der Waals surface area contributed by atoms with Crippen LogP contribution in [0.4, 0.5) is 0 Å². The first kappa shape index (κ1) is 73.2. The molecule has 0 aromatic rings. The van der Waals surface area contributed by atoms with Gasteiger partial charge in [-0.1, -0.05) is 245 Å². The first-order valence-corrected chi connectivity index (χ1v) is 28.8. The zero-order valence-electron chi connectivity index (χ0n) is 45.1. The molecule has 0 bridgehead atoms. The van der Waals surface area contributed by atoms with Gasteiger partial charge in [0.1, 0.15) is 0 Å². The van der Waals surface area contributed by atoms with E-state index in [2.05, 4.69) is 13.8 Å². The number of carboxylic acids is 2. The highest BCUT2D eigenvalue weighted by molar-refractivity contribution is 5.66. The van der Waals surface area contributed by atoms with E-state index in [1.54, 1.807) is 9.80 Å². The van der Waals surface area contributed by atoms with Gasteiger partial charge in [0.15, 0.2) is 0 Å². The van der Waals surface area contributed by atoms with Crippen LogP contribution in [0.3, 0.4) is 0 Å². The van der Waals surface area contributed by atoms with Crippen LogP contribution in [0, 0.1) is 0 Å². The number of carbonyl (C=O) groups is 2. The molecule has 8 N–H and O–H groups in total. The number of unbranched alkanes of at least 4 members (excludes halogenated alkanes) is 36. The number of aliphatic carboxylic acids is 2. The third-order valence-corrected chi connectivity index (χ3v) is 12.5. The second-order valence-electron chi connectivity index (χ2n) is 19.0. The van der Waals surface area contributed by atoms with Gasteiger partial charge in [0.2, 0.25) is 0 Å². The Morgan fingerprint density at radius 1 is 0.250 bits per heavy atom. The minimum Gasteiger partial charge on any atom is -0.481 e. The average molecular weight is 980 g/mol. The Bertz CT molecular complexity index is 805. The smallest absolute Gasteiger partial charge is 0.303 e. The number of nitrogens with zero attached hydrogens (tertiary/aromatic N) is 2. The van der Waals surface area contributed by atoms with Gasteiger partial charge in [-0.25, -0.2) is 0 Å². The van der Waals surface area contributed by atoms with Gasteiger partial charge in [-0.2, -0.15) is 0 Å². The largest absolute Gasteiger partial charge is 0.481 e. The molecule has 0 aliphatic rings. The van der Waals surface area contributed by atoms with Crippen LogP contribution < -0.4 is 0 Å². The molecule has 0 spiro atoms. The molecule has 0 rings (SSSR count). The van der Waals surface area contributed by atoms with E-state index in [1.807, 2.05) is 0 Å². The quantitative estimate of drug-likeness (QED) is 0.0268. The van der Waals surface area contributed by atoms with E-state index in [0.29, 0.717) is 52.1 Å². The van der Waals surface area contributed by atoms with Crippen molar-refractivity contribution in [3.63, 3.8) is 0 Å². The van der Waals surface area contributed by atoms with Crippen LogP contribution in [0.1, 0.15) is 271 Å². The molecular weight excluding hydrogens is 861 g/mol. The lowest BCUT2D eigenvalue weighted by Gasteiger charge is -2.17. The Balaban J connectivity index is -0.000000434. The third kappa shape index (κ3) is 76.1. The minimum atomic E-state index is -0.651. The minimum absolute atomic E-state index is 0.0694. The summed E-state index contributed by atoms with van der Waals surface area (Å²) in [4.78, 5) is 24.3. The number of aliphatic hydroxyl groups excluding tert-OH is 6. The summed E-state index contributed by atoms with van der Waals surface area (Å²) in [6, 6.07) is 0. The summed E-state index contributed by atoms with van der Waals surface area (Å²) in [5.41, 5.74) is 0. The van der Waals surface area contributed by atoms with Crippen LogP contribution in [0.2, 0.25) is 0 Å². The van der Waals surface area contributed by atoms with E-state index < -0.39 is 11.9 Å². The van der Waals surface area contributed by atoms with Crippen molar-refractivity contribution in [1.82, 2.24) is 9.80 Å². The van der Waals surface area contributed by atoms with Gasteiger partial charge in [0, 0.05) is 52.1 Å². The summed E-state index contributed by atoms with van der Waals surface area (Å²) in [5.74, 6) is -1.30. The zero-order valence-corrected chi connectivity index (χ0v) is 45.1. The molecule has 0 unspecified atom stereocenters. The third-order valence-electron chi connectivity index (χ3n) is 12.5. The van der Waals surface area contributed by atoms with Gasteiger partial charge in [0.25, 0.3) is 0 Å². The molecule has 0 amide bonds. The van der Waals surface area contributed by atoms with E-state index >= 15 is 0 Å². The van der Waals surface area contributed by atoms with Crippen molar-refractivity contribution < 1.29 is 50.4 Å². The fraction of sp³-hybridized carbons (Fsp3) is 0.964. The Hall–Kier alpha value is -1.38. The van der Waals surface area contributed by atoms with Gasteiger partial charge >= 0.3 is 11.9 Å². The van der Waals surface area contributed by atoms with Gasteiger partial charge in [-0.3, -0.25) is 19.4 Å². The Labute approximate surface area is 420 Å². The number of hydrogen-bond acceptors (Lipinski definition) is 10. The molecular formula is C56H118N2O10.